The summed E-state index contributed by atoms with van der Waals surface area (Å²) < 4.78 is 6.58. The average Bonchev–Trinajstić information content (AvgIpc) is 2.31. The van der Waals surface area contributed by atoms with Crippen molar-refractivity contribution in [2.24, 2.45) is 0 Å². The number of rotatable bonds is 3. The molecule has 0 bridgehead atoms. The second kappa shape index (κ2) is 6.70. The Bertz CT molecular complexity index is 483. The summed E-state index contributed by atoms with van der Waals surface area (Å²) in [5, 5.41) is 2.95. The third-order valence-electron chi connectivity index (χ3n) is 3.26. The zero-order valence-electron chi connectivity index (χ0n) is 12.1. The monoisotopic (exact) mass is 340 g/mol. The first-order valence-electron chi connectivity index (χ1n) is 6.88. The van der Waals surface area contributed by atoms with Crippen LogP contribution in [0.1, 0.15) is 19.4 Å². The van der Waals surface area contributed by atoms with Crippen molar-refractivity contribution in [3.63, 3.8) is 0 Å². The minimum absolute atomic E-state index is 0.0100. The zero-order valence-corrected chi connectivity index (χ0v) is 13.7. The molecule has 5 heteroatoms. The Kier molecular flexibility index (Phi) is 5.18. The quantitative estimate of drug-likeness (QED) is 0.919. The fraction of sp³-hybridized carbons (Fsp3) is 0.533. The molecule has 0 aliphatic carbocycles. The summed E-state index contributed by atoms with van der Waals surface area (Å²) in [6.45, 7) is 8.10. The second-order valence-electron chi connectivity index (χ2n) is 5.48. The van der Waals surface area contributed by atoms with Gasteiger partial charge in [0.2, 0.25) is 5.91 Å². The number of anilines is 1. The number of amides is 1. The van der Waals surface area contributed by atoms with Crippen LogP contribution in [-0.4, -0.2) is 42.6 Å². The van der Waals surface area contributed by atoms with Crippen LogP contribution in [0.15, 0.2) is 22.7 Å². The summed E-state index contributed by atoms with van der Waals surface area (Å²) in [6.07, 6.45) is 0.357. The highest BCUT2D eigenvalue weighted by Crippen LogP contribution is 2.23. The number of carbonyl (C=O) groups excluding carboxylic acids is 1. The molecule has 4 nitrogen and oxygen atoms in total. The van der Waals surface area contributed by atoms with Crippen LogP contribution in [0.3, 0.4) is 0 Å². The fourth-order valence-electron chi connectivity index (χ4n) is 2.53. The van der Waals surface area contributed by atoms with Gasteiger partial charge in [-0.25, -0.2) is 0 Å². The van der Waals surface area contributed by atoms with Gasteiger partial charge in [0.05, 0.1) is 24.4 Å². The van der Waals surface area contributed by atoms with E-state index in [9.17, 15) is 4.79 Å². The average molecular weight is 341 g/mol. The normalized spacial score (nSPS) is 23.6. The number of benzene rings is 1. The molecule has 0 radical (unpaired) electrons. The lowest BCUT2D eigenvalue weighted by Crippen LogP contribution is -2.48. The smallest absolute Gasteiger partial charge is 0.238 e. The van der Waals surface area contributed by atoms with Gasteiger partial charge in [-0.15, -0.1) is 0 Å². The molecule has 0 spiro atoms. The Labute approximate surface area is 128 Å². The molecule has 1 N–H and O–H groups in total. The third-order valence-corrected chi connectivity index (χ3v) is 3.92. The van der Waals surface area contributed by atoms with E-state index in [0.29, 0.717) is 6.54 Å². The number of halogens is 1. The summed E-state index contributed by atoms with van der Waals surface area (Å²) in [5.74, 6) is 0.0100. The summed E-state index contributed by atoms with van der Waals surface area (Å²) in [6, 6.07) is 5.90. The number of hydrogen-bond acceptors (Lipinski definition) is 3. The first-order chi connectivity index (χ1) is 9.44. The van der Waals surface area contributed by atoms with E-state index in [1.807, 2.05) is 39.0 Å². The molecule has 20 heavy (non-hydrogen) atoms. The Hall–Kier alpha value is -0.910. The van der Waals surface area contributed by atoms with Gasteiger partial charge in [0.25, 0.3) is 0 Å². The van der Waals surface area contributed by atoms with Crippen LogP contribution in [0, 0.1) is 6.92 Å². The van der Waals surface area contributed by atoms with Crippen molar-refractivity contribution in [3.05, 3.63) is 28.2 Å². The highest BCUT2D eigenvalue weighted by Gasteiger charge is 2.23. The molecule has 2 rings (SSSR count). The molecule has 1 aliphatic heterocycles. The second-order valence-corrected chi connectivity index (χ2v) is 6.34. The summed E-state index contributed by atoms with van der Waals surface area (Å²) in [5.41, 5.74) is 1.97. The maximum atomic E-state index is 12.1. The van der Waals surface area contributed by atoms with Crippen LogP contribution in [0.5, 0.6) is 0 Å². The fourth-order valence-corrected chi connectivity index (χ4v) is 3.12. The van der Waals surface area contributed by atoms with Crippen molar-refractivity contribution in [1.29, 1.82) is 0 Å². The van der Waals surface area contributed by atoms with Crippen LogP contribution in [0.25, 0.3) is 0 Å². The van der Waals surface area contributed by atoms with Gasteiger partial charge < -0.3 is 10.1 Å². The lowest BCUT2D eigenvalue weighted by molar-refractivity contribution is -0.121. The van der Waals surface area contributed by atoms with Gasteiger partial charge in [0, 0.05) is 17.6 Å². The molecule has 1 aromatic carbocycles. The van der Waals surface area contributed by atoms with Gasteiger partial charge in [-0.2, -0.15) is 0 Å². The predicted molar refractivity (Wildman–Crippen MR) is 84.0 cm³/mol. The van der Waals surface area contributed by atoms with Crippen molar-refractivity contribution in [3.8, 4) is 0 Å². The number of nitrogens with one attached hydrogen (secondary N) is 1. The molecule has 1 heterocycles. The van der Waals surface area contributed by atoms with E-state index in [0.717, 1.165) is 28.8 Å². The van der Waals surface area contributed by atoms with Crippen LogP contribution in [-0.2, 0) is 9.53 Å². The molecule has 2 atom stereocenters. The van der Waals surface area contributed by atoms with Crippen LogP contribution < -0.4 is 5.32 Å². The lowest BCUT2D eigenvalue weighted by Gasteiger charge is -2.34. The topological polar surface area (TPSA) is 41.6 Å². The van der Waals surface area contributed by atoms with E-state index in [4.69, 9.17) is 4.74 Å². The van der Waals surface area contributed by atoms with Crippen LogP contribution in [0.4, 0.5) is 5.69 Å². The Balaban J connectivity index is 1.92. The Morgan fingerprint density at radius 3 is 2.65 bits per heavy atom. The number of morpholine rings is 1. The third kappa shape index (κ3) is 4.30. The minimum Gasteiger partial charge on any atom is -0.373 e. The van der Waals surface area contributed by atoms with Gasteiger partial charge in [0.1, 0.15) is 0 Å². The molecule has 1 aliphatic rings. The van der Waals surface area contributed by atoms with Gasteiger partial charge in [0.15, 0.2) is 0 Å². The summed E-state index contributed by atoms with van der Waals surface area (Å²) in [4.78, 5) is 14.3. The summed E-state index contributed by atoms with van der Waals surface area (Å²) >= 11 is 3.47. The SMILES string of the molecule is Cc1ccc(NC(=O)CN2C[C@@H](C)O[C@@H](C)C2)c(Br)c1. The van der Waals surface area contributed by atoms with E-state index >= 15 is 0 Å². The lowest BCUT2D eigenvalue weighted by atomic mass is 10.2. The minimum atomic E-state index is 0.0100. The summed E-state index contributed by atoms with van der Waals surface area (Å²) in [7, 11) is 0. The van der Waals surface area contributed by atoms with Gasteiger partial charge >= 0.3 is 0 Å². The number of aryl methyl sites for hydroxylation is 1. The maximum absolute atomic E-state index is 12.1. The van der Waals surface area contributed by atoms with Gasteiger partial charge in [-0.05, 0) is 54.4 Å². The molecular weight excluding hydrogens is 320 g/mol. The number of ether oxygens (including phenoxy) is 1. The van der Waals surface area contributed by atoms with E-state index < -0.39 is 0 Å². The highest BCUT2D eigenvalue weighted by molar-refractivity contribution is 9.10. The van der Waals surface area contributed by atoms with E-state index in [1.165, 1.54) is 0 Å². The molecule has 1 saturated heterocycles. The standard InChI is InChI=1S/C15H21BrN2O2/c1-10-4-5-14(13(16)6-10)17-15(19)9-18-7-11(2)20-12(3)8-18/h4-6,11-12H,7-9H2,1-3H3,(H,17,19)/t11-,12+. The highest BCUT2D eigenvalue weighted by atomic mass is 79.9. The molecule has 0 unspecified atom stereocenters. The molecule has 110 valence electrons. The van der Waals surface area contributed by atoms with Gasteiger partial charge in [-0.1, -0.05) is 6.07 Å². The van der Waals surface area contributed by atoms with E-state index in [-0.39, 0.29) is 18.1 Å². The van der Waals surface area contributed by atoms with E-state index in [1.54, 1.807) is 0 Å². The molecule has 1 amide bonds. The molecule has 0 aromatic heterocycles. The van der Waals surface area contributed by atoms with Crippen molar-refractivity contribution in [1.82, 2.24) is 4.90 Å². The Morgan fingerprint density at radius 2 is 2.05 bits per heavy atom. The van der Waals surface area contributed by atoms with E-state index in [2.05, 4.69) is 26.1 Å². The zero-order chi connectivity index (χ0) is 14.7. The van der Waals surface area contributed by atoms with Crippen molar-refractivity contribution in [2.45, 2.75) is 33.0 Å². The number of nitrogens with zero attached hydrogens (tertiary/aromatic N) is 1. The molecular formula is C15H21BrN2O2. The number of carbonyl (C=O) groups is 1. The van der Waals surface area contributed by atoms with Crippen molar-refractivity contribution in [2.75, 3.05) is 25.0 Å². The van der Waals surface area contributed by atoms with Gasteiger partial charge in [-0.3, -0.25) is 9.69 Å². The first-order valence-corrected chi connectivity index (χ1v) is 7.67. The predicted octanol–water partition coefficient (Wildman–Crippen LogP) is 2.81. The molecule has 0 saturated carbocycles. The van der Waals surface area contributed by atoms with Crippen molar-refractivity contribution < 1.29 is 9.53 Å². The van der Waals surface area contributed by atoms with Crippen molar-refractivity contribution >= 4 is 27.5 Å². The van der Waals surface area contributed by atoms with Crippen LogP contribution >= 0.6 is 15.9 Å². The maximum Gasteiger partial charge on any atom is 0.238 e. The molecule has 1 aromatic rings. The Morgan fingerprint density at radius 1 is 1.40 bits per heavy atom. The van der Waals surface area contributed by atoms with Crippen LogP contribution in [0.2, 0.25) is 0 Å². The largest absolute Gasteiger partial charge is 0.373 e. The molecule has 1 fully saturated rings. The number of hydrogen-bond donors (Lipinski definition) is 1. The first kappa shape index (κ1) is 15.5.